The lowest BCUT2D eigenvalue weighted by atomic mass is 10.1. The Bertz CT molecular complexity index is 617. The van der Waals surface area contributed by atoms with E-state index in [-0.39, 0.29) is 4.90 Å². The van der Waals surface area contributed by atoms with E-state index in [0.717, 1.165) is 18.7 Å². The molecule has 2 aliphatic rings. The minimum Gasteiger partial charge on any atom is -0.397 e. The van der Waals surface area contributed by atoms with E-state index in [9.17, 15) is 8.42 Å². The van der Waals surface area contributed by atoms with Gasteiger partial charge >= 0.3 is 0 Å². The second kappa shape index (κ2) is 4.91. The minimum atomic E-state index is -3.70. The Morgan fingerprint density at radius 3 is 2.75 bits per heavy atom. The molecular formula is C13H20N4O2S. The van der Waals surface area contributed by atoms with E-state index in [1.807, 2.05) is 0 Å². The number of nitrogens with zero attached hydrogens (tertiary/aromatic N) is 1. The average Bonchev–Trinajstić information content (AvgIpc) is 2.95. The molecule has 1 aromatic carbocycles. The van der Waals surface area contributed by atoms with Crippen LogP contribution < -0.4 is 16.2 Å². The van der Waals surface area contributed by atoms with Gasteiger partial charge in [-0.05, 0) is 44.0 Å². The quantitative estimate of drug-likeness (QED) is 0.708. The number of nitrogen functional groups attached to an aromatic ring is 1. The van der Waals surface area contributed by atoms with Gasteiger partial charge < -0.3 is 11.1 Å². The molecule has 0 amide bonds. The number of fused-ring (bicyclic) bond motifs is 1. The summed E-state index contributed by atoms with van der Waals surface area (Å²) in [7, 11) is -3.70. The Morgan fingerprint density at radius 1 is 1.25 bits per heavy atom. The van der Waals surface area contributed by atoms with Crippen LogP contribution in [0, 0.1) is 0 Å². The monoisotopic (exact) mass is 296 g/mol. The summed E-state index contributed by atoms with van der Waals surface area (Å²) in [4.78, 5) is 2.56. The van der Waals surface area contributed by atoms with Gasteiger partial charge in [-0.15, -0.1) is 0 Å². The number of nitrogens with two attached hydrogens (primary N) is 2. The standard InChI is InChI=1S/C13H20N4O2S/c14-10-8-9(20(15,18)19)3-4-11(10)16-12-5-7-17-6-1-2-13(12)17/h3-4,8,12-13,16H,1-2,5-7,14H2,(H2,15,18,19). The molecule has 5 N–H and O–H groups in total. The van der Waals surface area contributed by atoms with E-state index in [0.29, 0.717) is 17.8 Å². The van der Waals surface area contributed by atoms with Gasteiger partial charge in [0.1, 0.15) is 0 Å². The highest BCUT2D eigenvalue weighted by Gasteiger charge is 2.37. The molecule has 0 spiro atoms. The van der Waals surface area contributed by atoms with Gasteiger partial charge in [-0.3, -0.25) is 4.90 Å². The average molecular weight is 296 g/mol. The normalized spacial score (nSPS) is 26.6. The van der Waals surface area contributed by atoms with Gasteiger partial charge in [0.2, 0.25) is 10.0 Å². The highest BCUT2D eigenvalue weighted by Crippen LogP contribution is 2.32. The molecule has 2 saturated heterocycles. The molecule has 3 rings (SSSR count). The summed E-state index contributed by atoms with van der Waals surface area (Å²) in [5.74, 6) is 0. The fourth-order valence-corrected chi connectivity index (χ4v) is 3.85. The van der Waals surface area contributed by atoms with Crippen molar-refractivity contribution in [2.45, 2.75) is 36.2 Å². The zero-order valence-corrected chi connectivity index (χ0v) is 12.1. The Labute approximate surface area is 119 Å². The van der Waals surface area contributed by atoms with Crippen LogP contribution in [0.3, 0.4) is 0 Å². The number of rotatable bonds is 3. The fraction of sp³-hybridized carbons (Fsp3) is 0.538. The van der Waals surface area contributed by atoms with Crippen molar-refractivity contribution in [3.63, 3.8) is 0 Å². The Balaban J connectivity index is 1.78. The van der Waals surface area contributed by atoms with Crippen molar-refractivity contribution in [3.05, 3.63) is 18.2 Å². The van der Waals surface area contributed by atoms with Gasteiger partial charge in [0.15, 0.2) is 0 Å². The summed E-state index contributed by atoms with van der Waals surface area (Å²) in [6.07, 6.45) is 3.57. The minimum absolute atomic E-state index is 0.0504. The molecule has 2 aliphatic heterocycles. The third kappa shape index (κ3) is 2.48. The van der Waals surface area contributed by atoms with Crippen LogP contribution in [0.25, 0.3) is 0 Å². The maximum absolute atomic E-state index is 11.3. The van der Waals surface area contributed by atoms with Gasteiger partial charge in [-0.25, -0.2) is 13.6 Å². The summed E-state index contributed by atoms with van der Waals surface area (Å²) in [5.41, 5.74) is 7.15. The number of sulfonamides is 1. The summed E-state index contributed by atoms with van der Waals surface area (Å²) in [5, 5.41) is 8.56. The first-order chi connectivity index (χ1) is 9.45. The van der Waals surface area contributed by atoms with Crippen molar-refractivity contribution in [2.75, 3.05) is 24.1 Å². The fourth-order valence-electron chi connectivity index (χ4n) is 3.30. The molecule has 0 radical (unpaired) electrons. The van der Waals surface area contributed by atoms with E-state index in [1.165, 1.54) is 31.5 Å². The largest absolute Gasteiger partial charge is 0.397 e. The number of anilines is 2. The predicted octanol–water partition coefficient (Wildman–Crippen LogP) is 0.565. The topological polar surface area (TPSA) is 101 Å². The zero-order chi connectivity index (χ0) is 14.3. The molecule has 2 heterocycles. The van der Waals surface area contributed by atoms with Crippen LogP contribution in [-0.2, 0) is 10.0 Å². The zero-order valence-electron chi connectivity index (χ0n) is 11.2. The van der Waals surface area contributed by atoms with E-state index in [4.69, 9.17) is 10.9 Å². The first-order valence-corrected chi connectivity index (χ1v) is 8.43. The number of benzene rings is 1. The molecule has 110 valence electrons. The third-order valence-corrected chi connectivity index (χ3v) is 5.21. The Kier molecular flexibility index (Phi) is 3.35. The van der Waals surface area contributed by atoms with Crippen LogP contribution in [-0.4, -0.2) is 38.5 Å². The summed E-state index contributed by atoms with van der Waals surface area (Å²) >= 11 is 0. The molecule has 1 aromatic rings. The number of hydrogen-bond acceptors (Lipinski definition) is 5. The van der Waals surface area contributed by atoms with Crippen molar-refractivity contribution < 1.29 is 8.42 Å². The number of hydrogen-bond donors (Lipinski definition) is 3. The maximum Gasteiger partial charge on any atom is 0.238 e. The lowest BCUT2D eigenvalue weighted by molar-refractivity contribution is 0.318. The summed E-state index contributed by atoms with van der Waals surface area (Å²) in [6.45, 7) is 2.31. The van der Waals surface area contributed by atoms with E-state index >= 15 is 0 Å². The highest BCUT2D eigenvalue weighted by molar-refractivity contribution is 7.89. The molecule has 2 atom stereocenters. The van der Waals surface area contributed by atoms with Crippen LogP contribution in [0.4, 0.5) is 11.4 Å². The molecule has 0 aliphatic carbocycles. The molecule has 0 aromatic heterocycles. The molecule has 6 nitrogen and oxygen atoms in total. The SMILES string of the molecule is Nc1cc(S(N)(=O)=O)ccc1NC1CCN2CCCC12. The molecule has 2 unspecified atom stereocenters. The number of nitrogens with one attached hydrogen (secondary N) is 1. The van der Waals surface area contributed by atoms with Gasteiger partial charge in [-0.2, -0.15) is 0 Å². The highest BCUT2D eigenvalue weighted by atomic mass is 32.2. The van der Waals surface area contributed by atoms with Gasteiger partial charge in [0.05, 0.1) is 16.3 Å². The van der Waals surface area contributed by atoms with Crippen LogP contribution in [0.2, 0.25) is 0 Å². The van der Waals surface area contributed by atoms with Gasteiger partial charge in [0, 0.05) is 18.6 Å². The van der Waals surface area contributed by atoms with Crippen LogP contribution in [0.1, 0.15) is 19.3 Å². The third-order valence-electron chi connectivity index (χ3n) is 4.30. The lowest BCUT2D eigenvalue weighted by Crippen LogP contribution is -2.33. The van der Waals surface area contributed by atoms with E-state index in [2.05, 4.69) is 10.2 Å². The molecule has 0 bridgehead atoms. The van der Waals surface area contributed by atoms with Crippen molar-refractivity contribution in [2.24, 2.45) is 5.14 Å². The van der Waals surface area contributed by atoms with Crippen molar-refractivity contribution >= 4 is 21.4 Å². The Hall–Kier alpha value is -1.31. The second-order valence-corrected chi connectivity index (χ2v) is 7.14. The molecule has 2 fully saturated rings. The summed E-state index contributed by atoms with van der Waals surface area (Å²) < 4.78 is 22.6. The van der Waals surface area contributed by atoms with Crippen molar-refractivity contribution in [3.8, 4) is 0 Å². The van der Waals surface area contributed by atoms with Crippen LogP contribution >= 0.6 is 0 Å². The van der Waals surface area contributed by atoms with E-state index in [1.54, 1.807) is 6.07 Å². The lowest BCUT2D eigenvalue weighted by Gasteiger charge is -2.23. The molecule has 7 heteroatoms. The molecule has 20 heavy (non-hydrogen) atoms. The number of primary sulfonamides is 1. The first kappa shape index (κ1) is 13.7. The summed E-state index contributed by atoms with van der Waals surface area (Å²) in [6, 6.07) is 5.58. The van der Waals surface area contributed by atoms with Crippen LogP contribution in [0.15, 0.2) is 23.1 Å². The van der Waals surface area contributed by atoms with Gasteiger partial charge in [0.25, 0.3) is 0 Å². The van der Waals surface area contributed by atoms with Crippen molar-refractivity contribution in [1.29, 1.82) is 0 Å². The Morgan fingerprint density at radius 2 is 2.05 bits per heavy atom. The molecule has 0 saturated carbocycles. The van der Waals surface area contributed by atoms with Crippen molar-refractivity contribution in [1.82, 2.24) is 4.90 Å². The smallest absolute Gasteiger partial charge is 0.238 e. The molecular weight excluding hydrogens is 276 g/mol. The maximum atomic E-state index is 11.3. The van der Waals surface area contributed by atoms with E-state index < -0.39 is 10.0 Å². The first-order valence-electron chi connectivity index (χ1n) is 6.88. The second-order valence-electron chi connectivity index (χ2n) is 5.58. The van der Waals surface area contributed by atoms with Crippen LogP contribution in [0.5, 0.6) is 0 Å². The predicted molar refractivity (Wildman–Crippen MR) is 78.9 cm³/mol. The van der Waals surface area contributed by atoms with Gasteiger partial charge in [-0.1, -0.05) is 0 Å².